The highest BCUT2D eigenvalue weighted by molar-refractivity contribution is 6.19. The number of hydrogen-bond donors (Lipinski definition) is 0. The van der Waals surface area contributed by atoms with Crippen molar-refractivity contribution in [2.24, 2.45) is 5.92 Å². The van der Waals surface area contributed by atoms with Gasteiger partial charge in [-0.05, 0) is 108 Å². The zero-order chi connectivity index (χ0) is 38.3. The van der Waals surface area contributed by atoms with Crippen LogP contribution in [0, 0.1) is 5.92 Å². The van der Waals surface area contributed by atoms with Crippen molar-refractivity contribution in [1.29, 1.82) is 0 Å². The first kappa shape index (κ1) is 33.5. The zero-order valence-corrected chi connectivity index (χ0v) is 32.7. The second kappa shape index (κ2) is 13.2. The van der Waals surface area contributed by atoms with Crippen LogP contribution in [0.4, 0.5) is 17.1 Å². The largest absolute Gasteiger partial charge is 0.455 e. The van der Waals surface area contributed by atoms with Gasteiger partial charge >= 0.3 is 0 Å². The Hall–Kier alpha value is -6.58. The van der Waals surface area contributed by atoms with Crippen LogP contribution < -0.4 is 4.90 Å². The van der Waals surface area contributed by atoms with E-state index in [2.05, 4.69) is 180 Å². The summed E-state index contributed by atoms with van der Waals surface area (Å²) in [6.07, 6.45) is 6.20. The number of anilines is 3. The number of furan rings is 1. The minimum absolute atomic E-state index is 0.499. The van der Waals surface area contributed by atoms with E-state index in [9.17, 15) is 0 Å². The molecule has 2 unspecified atom stereocenters. The van der Waals surface area contributed by atoms with Crippen LogP contribution in [-0.4, -0.2) is 4.57 Å². The number of hydrogen-bond acceptors (Lipinski definition) is 2. The average molecular weight is 749 g/mol. The van der Waals surface area contributed by atoms with Gasteiger partial charge in [0.05, 0.1) is 22.4 Å². The summed E-state index contributed by atoms with van der Waals surface area (Å²) in [4.78, 5) is 2.54. The van der Waals surface area contributed by atoms with Gasteiger partial charge < -0.3 is 13.9 Å². The fourth-order valence-corrected chi connectivity index (χ4v) is 11.0. The molecule has 0 saturated heterocycles. The lowest BCUT2D eigenvalue weighted by atomic mass is 9.74. The number of benzene rings is 8. The van der Waals surface area contributed by atoms with Gasteiger partial charge in [0, 0.05) is 43.9 Å². The minimum atomic E-state index is 0.499. The summed E-state index contributed by atoms with van der Waals surface area (Å²) in [6, 6.07) is 63.0. The van der Waals surface area contributed by atoms with E-state index < -0.39 is 0 Å². The van der Waals surface area contributed by atoms with Crippen molar-refractivity contribution in [2.45, 2.75) is 50.9 Å². The topological polar surface area (TPSA) is 21.3 Å². The molecule has 0 amide bonds. The third-order valence-corrected chi connectivity index (χ3v) is 13.4. The van der Waals surface area contributed by atoms with Crippen molar-refractivity contribution >= 4 is 71.6 Å². The number of fused-ring (bicyclic) bond motifs is 10. The maximum Gasteiger partial charge on any atom is 0.143 e. The van der Waals surface area contributed by atoms with Crippen LogP contribution >= 0.6 is 0 Å². The summed E-state index contributed by atoms with van der Waals surface area (Å²) in [6.45, 7) is 2.50. The highest BCUT2D eigenvalue weighted by Gasteiger charge is 2.32. The Morgan fingerprint density at radius 2 is 1.28 bits per heavy atom. The summed E-state index contributed by atoms with van der Waals surface area (Å²) in [7, 11) is 0. The summed E-state index contributed by atoms with van der Waals surface area (Å²) in [5.41, 5.74) is 14.5. The molecule has 13 rings (SSSR count). The van der Waals surface area contributed by atoms with Gasteiger partial charge in [-0.1, -0.05) is 141 Å². The average Bonchev–Trinajstić information content (AvgIpc) is 3.82. The molecule has 3 heteroatoms. The molecule has 0 spiro atoms. The Morgan fingerprint density at radius 1 is 0.569 bits per heavy atom. The summed E-state index contributed by atoms with van der Waals surface area (Å²) >= 11 is 0. The van der Waals surface area contributed by atoms with Crippen molar-refractivity contribution in [2.75, 3.05) is 4.90 Å². The van der Waals surface area contributed by atoms with Crippen LogP contribution in [0.3, 0.4) is 0 Å². The molecule has 1 fully saturated rings. The third kappa shape index (κ3) is 5.12. The van der Waals surface area contributed by atoms with Crippen molar-refractivity contribution in [3.05, 3.63) is 181 Å². The van der Waals surface area contributed by atoms with E-state index in [0.717, 1.165) is 44.4 Å². The second-order valence-corrected chi connectivity index (χ2v) is 16.9. The predicted octanol–water partition coefficient (Wildman–Crippen LogP) is 15.8. The molecule has 2 aliphatic heterocycles. The Bertz CT molecular complexity index is 3210. The Balaban J connectivity index is 1.18. The second-order valence-electron chi connectivity index (χ2n) is 16.9. The van der Waals surface area contributed by atoms with E-state index >= 15 is 0 Å². The van der Waals surface area contributed by atoms with E-state index in [4.69, 9.17) is 4.42 Å². The minimum Gasteiger partial charge on any atom is -0.455 e. The molecule has 2 aromatic heterocycles. The normalized spacial score (nSPS) is 17.9. The van der Waals surface area contributed by atoms with Crippen molar-refractivity contribution < 1.29 is 4.42 Å². The van der Waals surface area contributed by atoms with E-state index in [1.54, 1.807) is 0 Å². The van der Waals surface area contributed by atoms with Crippen LogP contribution in [0.15, 0.2) is 174 Å². The smallest absolute Gasteiger partial charge is 0.143 e. The summed E-state index contributed by atoms with van der Waals surface area (Å²) in [5.74, 6) is 1.71. The van der Waals surface area contributed by atoms with Crippen molar-refractivity contribution in [3.63, 3.8) is 0 Å². The van der Waals surface area contributed by atoms with Gasteiger partial charge in [0.2, 0.25) is 0 Å². The van der Waals surface area contributed by atoms with Gasteiger partial charge in [-0.15, -0.1) is 0 Å². The van der Waals surface area contributed by atoms with Gasteiger partial charge in [-0.2, -0.15) is 0 Å². The molecule has 8 aromatic carbocycles. The maximum atomic E-state index is 6.60. The molecule has 1 saturated carbocycles. The van der Waals surface area contributed by atoms with E-state index in [1.165, 1.54) is 87.2 Å². The molecule has 4 heterocycles. The van der Waals surface area contributed by atoms with Gasteiger partial charge in [0.15, 0.2) is 0 Å². The first-order valence-corrected chi connectivity index (χ1v) is 21.1. The van der Waals surface area contributed by atoms with Crippen molar-refractivity contribution in [3.8, 4) is 16.8 Å². The van der Waals surface area contributed by atoms with Gasteiger partial charge in [0.25, 0.3) is 0 Å². The lowest BCUT2D eigenvalue weighted by molar-refractivity contribution is 0.339. The number of aromatic nitrogens is 1. The molecule has 0 radical (unpaired) electrons. The van der Waals surface area contributed by atoms with E-state index in [-0.39, 0.29) is 0 Å². The molecule has 1 aliphatic carbocycles. The van der Waals surface area contributed by atoms with Crippen LogP contribution in [0.5, 0.6) is 0 Å². The van der Waals surface area contributed by atoms with Gasteiger partial charge in [-0.25, -0.2) is 0 Å². The molecule has 0 N–H and O–H groups in total. The number of rotatable bonds is 4. The van der Waals surface area contributed by atoms with Crippen LogP contribution in [0.2, 0.25) is 0 Å². The fraction of sp³-hybridized carbons (Fsp3) is 0.164. The van der Waals surface area contributed by atoms with Crippen molar-refractivity contribution in [1.82, 2.24) is 4.57 Å². The van der Waals surface area contributed by atoms with Gasteiger partial charge in [-0.3, -0.25) is 0 Å². The molecular formula is C55H44N2O. The van der Waals surface area contributed by atoms with Gasteiger partial charge in [0.1, 0.15) is 11.2 Å². The molecule has 58 heavy (non-hydrogen) atoms. The zero-order valence-electron chi connectivity index (χ0n) is 32.7. The molecule has 280 valence electrons. The number of para-hydroxylation sites is 4. The summed E-state index contributed by atoms with van der Waals surface area (Å²) < 4.78 is 9.25. The SMILES string of the molecule is C[C@@H]1CC2CCCC(C1)c1ccc(N(c3cccc(-c4cccc5c4oc4ccccc45)c3)c3cccc4ccccc34)c3c4ccccc4n(c13)-c1ccccc12. The molecule has 10 aromatic rings. The third-order valence-electron chi connectivity index (χ3n) is 13.4. The van der Waals surface area contributed by atoms with E-state index in [0.29, 0.717) is 17.8 Å². The highest BCUT2D eigenvalue weighted by Crippen LogP contribution is 2.52. The van der Waals surface area contributed by atoms with E-state index in [1.807, 2.05) is 6.07 Å². The maximum absolute atomic E-state index is 6.60. The first-order valence-electron chi connectivity index (χ1n) is 21.1. The standard InChI is InChI=1S/C55H44N2O/c1-35-32-37-16-10-17-38(33-35)43-30-31-51(53-47-23-5-8-27-50(47)57(54(43)53)49-26-7-4-21-42(37)49)56(48-28-12-15-36-14-2-3-20-41(36)48)40-19-11-18-39(34-40)44-24-13-25-46-45-22-6-9-29-52(45)58-55(44)46/h2-9,11-15,18-31,34-35,37-38H,10,16-17,32-33H2,1H3/t35-,37?,38?/m1/s1. The Kier molecular flexibility index (Phi) is 7.66. The number of nitrogens with zero attached hydrogens (tertiary/aromatic N) is 2. The quantitative estimate of drug-likeness (QED) is 0.179. The molecule has 3 aliphatic rings. The molecule has 3 nitrogen and oxygen atoms in total. The van der Waals surface area contributed by atoms with Crippen LogP contribution in [0.1, 0.15) is 62.0 Å². The lowest BCUT2D eigenvalue weighted by Crippen LogP contribution is -2.18. The molecule has 3 atom stereocenters. The Morgan fingerprint density at radius 3 is 2.19 bits per heavy atom. The molecular weight excluding hydrogens is 705 g/mol. The first-order chi connectivity index (χ1) is 28.7. The molecule has 2 bridgehead atoms. The van der Waals surface area contributed by atoms with Crippen LogP contribution in [-0.2, 0) is 0 Å². The Labute approximate surface area is 338 Å². The fourth-order valence-electron chi connectivity index (χ4n) is 11.0. The monoisotopic (exact) mass is 748 g/mol. The highest BCUT2D eigenvalue weighted by atomic mass is 16.3. The van der Waals surface area contributed by atoms with Crippen LogP contribution in [0.25, 0.3) is 71.3 Å². The lowest BCUT2D eigenvalue weighted by Gasteiger charge is -2.34. The summed E-state index contributed by atoms with van der Waals surface area (Å²) in [5, 5.41) is 7.34. The predicted molar refractivity (Wildman–Crippen MR) is 243 cm³/mol.